The number of aromatic nitrogens is 5. The average Bonchev–Trinajstić information content (AvgIpc) is 3.80. The van der Waals surface area contributed by atoms with Crippen LogP contribution in [0.25, 0.3) is 22.8 Å². The van der Waals surface area contributed by atoms with Crippen LogP contribution in [0.3, 0.4) is 0 Å². The maximum Gasteiger partial charge on any atom is 0.296 e. The molecule has 1 aliphatic heterocycles. The third-order valence-corrected chi connectivity index (χ3v) is 9.16. The zero-order chi connectivity index (χ0) is 34.1. The lowest BCUT2D eigenvalue weighted by Gasteiger charge is -2.12. The van der Waals surface area contributed by atoms with Crippen molar-refractivity contribution in [2.24, 2.45) is 7.05 Å². The summed E-state index contributed by atoms with van der Waals surface area (Å²) >= 11 is 7.69. The molecule has 0 radical (unpaired) electrons. The smallest absolute Gasteiger partial charge is 0.296 e. The molecule has 14 heteroatoms. The Morgan fingerprint density at radius 2 is 1.63 bits per heavy atom. The van der Waals surface area contributed by atoms with E-state index in [0.29, 0.717) is 61.5 Å². The van der Waals surface area contributed by atoms with Gasteiger partial charge in [0.15, 0.2) is 22.5 Å². The molecule has 2 aromatic heterocycles. The van der Waals surface area contributed by atoms with Crippen molar-refractivity contribution in [3.63, 3.8) is 0 Å². The summed E-state index contributed by atoms with van der Waals surface area (Å²) in [4.78, 5) is 40.7. The molecule has 6 aromatic rings. The average molecular weight is 694 g/mol. The monoisotopic (exact) mass is 693 g/mol. The first-order valence-electron chi connectivity index (χ1n) is 15.1. The quantitative estimate of drug-likeness (QED) is 0.174. The molecule has 0 saturated heterocycles. The molecule has 0 bridgehead atoms. The zero-order valence-corrected chi connectivity index (χ0v) is 27.8. The minimum absolute atomic E-state index is 0.0997. The van der Waals surface area contributed by atoms with E-state index in [9.17, 15) is 14.4 Å². The Labute approximate surface area is 289 Å². The van der Waals surface area contributed by atoms with Gasteiger partial charge in [-0.2, -0.15) is 0 Å². The summed E-state index contributed by atoms with van der Waals surface area (Å²) in [6, 6.07) is 28.2. The highest BCUT2D eigenvalue weighted by Crippen LogP contribution is 2.35. The largest absolute Gasteiger partial charge is 0.454 e. The summed E-state index contributed by atoms with van der Waals surface area (Å²) in [6.07, 6.45) is 0. The third-order valence-electron chi connectivity index (χ3n) is 7.90. The second-order valence-corrected chi connectivity index (χ2v) is 12.3. The van der Waals surface area contributed by atoms with Crippen molar-refractivity contribution in [1.29, 1.82) is 0 Å². The molecule has 7 rings (SSSR count). The molecule has 1 aliphatic rings. The molecule has 3 heterocycles. The van der Waals surface area contributed by atoms with Crippen molar-refractivity contribution in [3.05, 3.63) is 124 Å². The Hall–Kier alpha value is -5.79. The molecule has 12 nitrogen and oxygen atoms in total. The van der Waals surface area contributed by atoms with Gasteiger partial charge in [0.05, 0.1) is 33.4 Å². The molecule has 4 aromatic carbocycles. The van der Waals surface area contributed by atoms with Crippen LogP contribution in [0, 0.1) is 6.92 Å². The normalized spacial score (nSPS) is 11.8. The molecule has 0 aliphatic carbocycles. The summed E-state index contributed by atoms with van der Waals surface area (Å²) in [6.45, 7) is 1.95. The van der Waals surface area contributed by atoms with Crippen LogP contribution in [0.15, 0.2) is 107 Å². The van der Waals surface area contributed by atoms with Crippen LogP contribution in [0.5, 0.6) is 11.5 Å². The number of thioether (sulfide) groups is 1. The van der Waals surface area contributed by atoms with E-state index in [1.807, 2.05) is 43.3 Å². The van der Waals surface area contributed by atoms with Crippen molar-refractivity contribution in [2.45, 2.75) is 12.1 Å². The van der Waals surface area contributed by atoms with Crippen LogP contribution in [0.2, 0.25) is 5.02 Å². The number of ether oxygens (including phenoxy) is 2. The minimum Gasteiger partial charge on any atom is -0.454 e. The third kappa shape index (κ3) is 6.17. The number of hydrogen-bond acceptors (Lipinski definition) is 8. The van der Waals surface area contributed by atoms with E-state index in [1.165, 1.54) is 0 Å². The molecule has 2 amide bonds. The van der Waals surface area contributed by atoms with Crippen molar-refractivity contribution in [1.82, 2.24) is 24.1 Å². The van der Waals surface area contributed by atoms with Crippen molar-refractivity contribution >= 4 is 46.6 Å². The maximum absolute atomic E-state index is 14.1. The molecule has 0 atom stereocenters. The lowest BCUT2D eigenvalue weighted by atomic mass is 10.1. The van der Waals surface area contributed by atoms with E-state index < -0.39 is 11.8 Å². The van der Waals surface area contributed by atoms with Gasteiger partial charge in [-0.1, -0.05) is 65.8 Å². The number of carbonyl (C=O) groups is 2. The van der Waals surface area contributed by atoms with E-state index >= 15 is 0 Å². The molecular weight excluding hydrogens is 666 g/mol. The molecule has 0 saturated carbocycles. The van der Waals surface area contributed by atoms with Gasteiger partial charge < -0.3 is 20.1 Å². The highest BCUT2D eigenvalue weighted by atomic mass is 35.5. The number of benzene rings is 4. The lowest BCUT2D eigenvalue weighted by molar-refractivity contribution is -0.113. The molecule has 0 spiro atoms. The Morgan fingerprint density at radius 1 is 0.898 bits per heavy atom. The van der Waals surface area contributed by atoms with Crippen LogP contribution < -0.4 is 25.7 Å². The lowest BCUT2D eigenvalue weighted by Crippen LogP contribution is -2.22. The van der Waals surface area contributed by atoms with Gasteiger partial charge in [-0.05, 0) is 55.5 Å². The van der Waals surface area contributed by atoms with Gasteiger partial charge in [0.2, 0.25) is 12.7 Å². The molecular formula is C35H28ClN7O5S. The van der Waals surface area contributed by atoms with Crippen LogP contribution in [-0.2, 0) is 11.8 Å². The highest BCUT2D eigenvalue weighted by Gasteiger charge is 2.26. The first-order valence-corrected chi connectivity index (χ1v) is 16.4. The number of halogens is 1. The number of fused-ring (bicyclic) bond motifs is 1. The summed E-state index contributed by atoms with van der Waals surface area (Å²) in [5.74, 6) is 0.575. The first-order chi connectivity index (χ1) is 23.8. The second-order valence-electron chi connectivity index (χ2n) is 10.9. The Morgan fingerprint density at radius 3 is 2.45 bits per heavy atom. The fourth-order valence-corrected chi connectivity index (χ4v) is 6.43. The molecule has 0 fully saturated rings. The fraction of sp³-hybridized carbons (Fsp3) is 0.114. The number of amides is 2. The molecule has 2 N–H and O–H groups in total. The second kappa shape index (κ2) is 13.4. The number of hydrogen-bond donors (Lipinski definition) is 2. The van der Waals surface area contributed by atoms with Gasteiger partial charge in [-0.15, -0.1) is 10.2 Å². The van der Waals surface area contributed by atoms with Crippen LogP contribution in [-0.4, -0.2) is 48.5 Å². The SMILES string of the molecule is Cc1c(-n2c(SCC(=O)Nc3ccccc3C(=O)Nc3ccc4c(c3)OCO4)nnc2-c2ccccc2Cl)c(=O)n(-c2ccccc2)n1C. The van der Waals surface area contributed by atoms with Crippen molar-refractivity contribution < 1.29 is 19.1 Å². The Balaban J connectivity index is 1.16. The molecule has 246 valence electrons. The zero-order valence-electron chi connectivity index (χ0n) is 26.2. The molecule has 49 heavy (non-hydrogen) atoms. The van der Waals surface area contributed by atoms with Crippen LogP contribution in [0.4, 0.5) is 11.4 Å². The van der Waals surface area contributed by atoms with Crippen LogP contribution in [0.1, 0.15) is 16.1 Å². The number of nitrogens with zero attached hydrogens (tertiary/aromatic N) is 5. The topological polar surface area (TPSA) is 134 Å². The Bertz CT molecular complexity index is 2280. The number of nitrogens with one attached hydrogen (secondary N) is 2. The summed E-state index contributed by atoms with van der Waals surface area (Å²) in [5, 5.41) is 15.2. The summed E-state index contributed by atoms with van der Waals surface area (Å²) < 4.78 is 15.7. The van der Waals surface area contributed by atoms with Crippen LogP contribution >= 0.6 is 23.4 Å². The minimum atomic E-state index is -0.416. The number of carbonyl (C=O) groups excluding carboxylic acids is 2. The number of rotatable bonds is 9. The standard InChI is InChI=1S/C35H28ClN7O5S/c1-21-31(34(46)43(41(21)2)23-10-4-3-5-11-23)42-32(24-12-6-8-14-26(24)36)39-40-35(42)49-19-30(44)38-27-15-9-7-13-25(27)33(45)37-22-16-17-28-29(18-22)48-20-47-28/h3-18H,19-20H2,1-2H3,(H,37,45)(H,38,44). The van der Waals surface area contributed by atoms with E-state index in [0.717, 1.165) is 11.8 Å². The van der Waals surface area contributed by atoms with Crippen molar-refractivity contribution in [3.8, 4) is 34.3 Å². The number of anilines is 2. The van der Waals surface area contributed by atoms with E-state index in [1.54, 1.807) is 81.6 Å². The summed E-state index contributed by atoms with van der Waals surface area (Å²) in [5.41, 5.74) is 3.04. The van der Waals surface area contributed by atoms with E-state index in [-0.39, 0.29) is 23.7 Å². The Kier molecular flexibility index (Phi) is 8.68. The van der Waals surface area contributed by atoms with E-state index in [4.69, 9.17) is 21.1 Å². The van der Waals surface area contributed by atoms with Gasteiger partial charge in [0.1, 0.15) is 5.69 Å². The van der Waals surface area contributed by atoms with Gasteiger partial charge in [0, 0.05) is 24.4 Å². The predicted octanol–water partition coefficient (Wildman–Crippen LogP) is 6.10. The predicted molar refractivity (Wildman–Crippen MR) is 187 cm³/mol. The van der Waals surface area contributed by atoms with Gasteiger partial charge >= 0.3 is 0 Å². The van der Waals surface area contributed by atoms with Gasteiger partial charge in [0.25, 0.3) is 11.5 Å². The maximum atomic E-state index is 14.1. The number of para-hydroxylation sites is 2. The van der Waals surface area contributed by atoms with Gasteiger partial charge in [-0.3, -0.25) is 23.6 Å². The van der Waals surface area contributed by atoms with Gasteiger partial charge in [-0.25, -0.2) is 4.68 Å². The molecule has 0 unspecified atom stereocenters. The summed E-state index contributed by atoms with van der Waals surface area (Å²) in [7, 11) is 1.80. The van der Waals surface area contributed by atoms with E-state index in [2.05, 4.69) is 20.8 Å². The highest BCUT2D eigenvalue weighted by molar-refractivity contribution is 7.99. The fourth-order valence-electron chi connectivity index (χ4n) is 5.47. The first kappa shape index (κ1) is 31.8. The van der Waals surface area contributed by atoms with Crippen molar-refractivity contribution in [2.75, 3.05) is 23.2 Å².